The van der Waals surface area contributed by atoms with E-state index < -0.39 is 21.4 Å². The van der Waals surface area contributed by atoms with Gasteiger partial charge in [-0.25, -0.2) is 8.42 Å². The van der Waals surface area contributed by atoms with Gasteiger partial charge < -0.3 is 9.87 Å². The summed E-state index contributed by atoms with van der Waals surface area (Å²) in [7, 11) is -4.38. The molecule has 0 aromatic heterocycles. The number of carbonyl (C=O) groups excluding carboxylic acids is 1. The zero-order chi connectivity index (χ0) is 8.36. The zero-order valence-electron chi connectivity index (χ0n) is 5.62. The molecule has 0 spiro atoms. The highest BCUT2D eigenvalue weighted by Crippen LogP contribution is 1.90. The van der Waals surface area contributed by atoms with Crippen molar-refractivity contribution in [2.24, 2.45) is 0 Å². The maximum atomic E-state index is 10.2. The summed E-state index contributed by atoms with van der Waals surface area (Å²) >= 11 is 0. The van der Waals surface area contributed by atoms with Crippen LogP contribution in [0, 0.1) is 0 Å². The van der Waals surface area contributed by atoms with Gasteiger partial charge in [0.05, 0.1) is 0 Å². The first-order chi connectivity index (χ1) is 4.34. The Morgan fingerprint density at radius 1 is 1.60 bits per heavy atom. The van der Waals surface area contributed by atoms with Crippen LogP contribution in [-0.4, -0.2) is 24.3 Å². The van der Waals surface area contributed by atoms with Crippen molar-refractivity contribution in [1.82, 2.24) is 5.32 Å². The van der Waals surface area contributed by atoms with Gasteiger partial charge in [0.25, 0.3) is 0 Å². The van der Waals surface area contributed by atoms with E-state index in [1.54, 1.807) is 0 Å². The topological polar surface area (TPSA) is 86.3 Å². The molecule has 0 aliphatic rings. The van der Waals surface area contributed by atoms with Crippen molar-refractivity contribution in [2.75, 3.05) is 0 Å². The van der Waals surface area contributed by atoms with E-state index in [0.29, 0.717) is 0 Å². The van der Waals surface area contributed by atoms with Crippen molar-refractivity contribution < 1.29 is 17.8 Å². The molecule has 0 radical (unpaired) electrons. The van der Waals surface area contributed by atoms with Crippen molar-refractivity contribution >= 4 is 16.0 Å². The van der Waals surface area contributed by atoms with E-state index >= 15 is 0 Å². The lowest BCUT2D eigenvalue weighted by atomic mass is 10.6. The Hall–Kier alpha value is -0.620. The van der Waals surface area contributed by atoms with Crippen molar-refractivity contribution in [2.45, 2.75) is 19.2 Å². The smallest absolute Gasteiger partial charge is 0.217 e. The van der Waals surface area contributed by atoms with Gasteiger partial charge in [-0.3, -0.25) is 4.79 Å². The standard InChI is InChI=1S/C4H9NO4S/c1-3(6)5-4(2)10(7,8)9/h4H,1-2H3,(H,5,6)(H,7,8,9)/p-1. The van der Waals surface area contributed by atoms with E-state index in [0.717, 1.165) is 13.8 Å². The third-order valence-corrected chi connectivity index (χ3v) is 1.82. The van der Waals surface area contributed by atoms with Gasteiger partial charge >= 0.3 is 0 Å². The highest BCUT2D eigenvalue weighted by molar-refractivity contribution is 7.86. The van der Waals surface area contributed by atoms with Crippen molar-refractivity contribution in [3.8, 4) is 0 Å². The van der Waals surface area contributed by atoms with Gasteiger partial charge in [0.2, 0.25) is 5.91 Å². The van der Waals surface area contributed by atoms with Crippen LogP contribution in [0.5, 0.6) is 0 Å². The Morgan fingerprint density at radius 3 is 2.10 bits per heavy atom. The van der Waals surface area contributed by atoms with Crippen LogP contribution in [0.15, 0.2) is 0 Å². The fourth-order valence-corrected chi connectivity index (χ4v) is 0.669. The van der Waals surface area contributed by atoms with Gasteiger partial charge in [-0.2, -0.15) is 0 Å². The van der Waals surface area contributed by atoms with Crippen molar-refractivity contribution in [3.05, 3.63) is 0 Å². The molecule has 6 heteroatoms. The third-order valence-electron chi connectivity index (χ3n) is 0.840. The molecule has 0 rings (SSSR count). The van der Waals surface area contributed by atoms with Gasteiger partial charge in [0.1, 0.15) is 15.5 Å². The Balaban J connectivity index is 4.12. The lowest BCUT2D eigenvalue weighted by Gasteiger charge is -2.15. The van der Waals surface area contributed by atoms with E-state index in [1.807, 2.05) is 5.32 Å². The maximum Gasteiger partial charge on any atom is 0.217 e. The van der Waals surface area contributed by atoms with E-state index in [4.69, 9.17) is 0 Å². The molecule has 1 atom stereocenters. The minimum Gasteiger partial charge on any atom is -0.746 e. The number of nitrogens with one attached hydrogen (secondary N) is 1. The molecule has 1 amide bonds. The minimum absolute atomic E-state index is 0.535. The van der Waals surface area contributed by atoms with E-state index in [-0.39, 0.29) is 0 Å². The van der Waals surface area contributed by atoms with E-state index in [1.165, 1.54) is 0 Å². The predicted octanol–water partition coefficient (Wildman–Crippen LogP) is -0.986. The fourth-order valence-electron chi connectivity index (χ4n) is 0.358. The van der Waals surface area contributed by atoms with Crippen LogP contribution in [0.4, 0.5) is 0 Å². The number of hydrogen-bond donors (Lipinski definition) is 1. The number of hydrogen-bond acceptors (Lipinski definition) is 4. The van der Waals surface area contributed by atoms with Crippen molar-refractivity contribution in [3.63, 3.8) is 0 Å². The average Bonchev–Trinajstić information content (AvgIpc) is 1.60. The molecule has 0 aliphatic heterocycles. The first kappa shape index (κ1) is 9.38. The van der Waals surface area contributed by atoms with Gasteiger partial charge in [-0.15, -0.1) is 0 Å². The van der Waals surface area contributed by atoms with Crippen molar-refractivity contribution in [1.29, 1.82) is 0 Å². The highest BCUT2D eigenvalue weighted by Gasteiger charge is 2.08. The second-order valence-electron chi connectivity index (χ2n) is 1.84. The van der Waals surface area contributed by atoms with Crippen LogP contribution in [0.2, 0.25) is 0 Å². The van der Waals surface area contributed by atoms with E-state index in [2.05, 4.69) is 0 Å². The molecule has 1 unspecified atom stereocenters. The van der Waals surface area contributed by atoms with Gasteiger partial charge in [-0.1, -0.05) is 0 Å². The molecule has 0 heterocycles. The summed E-state index contributed by atoms with van der Waals surface area (Å²) in [5.41, 5.74) is 0. The van der Waals surface area contributed by atoms with Crippen LogP contribution in [-0.2, 0) is 14.9 Å². The Labute approximate surface area is 59.2 Å². The Bertz CT molecular complexity index is 219. The third kappa shape index (κ3) is 3.41. The quantitative estimate of drug-likeness (QED) is 0.534. The average molecular weight is 166 g/mol. The summed E-state index contributed by atoms with van der Waals surface area (Å²) in [6, 6.07) is 0. The summed E-state index contributed by atoms with van der Waals surface area (Å²) < 4.78 is 30.3. The highest BCUT2D eigenvalue weighted by atomic mass is 32.2. The summed E-state index contributed by atoms with van der Waals surface area (Å²) in [5, 5.41) is 0.601. The van der Waals surface area contributed by atoms with Crippen LogP contribution >= 0.6 is 0 Å². The molecule has 0 aromatic carbocycles. The largest absolute Gasteiger partial charge is 0.746 e. The molecular weight excluding hydrogens is 158 g/mol. The second-order valence-corrected chi connectivity index (χ2v) is 3.53. The van der Waals surface area contributed by atoms with Crippen LogP contribution in [0.1, 0.15) is 13.8 Å². The van der Waals surface area contributed by atoms with Gasteiger partial charge in [0, 0.05) is 6.92 Å². The Morgan fingerprint density at radius 2 is 2.00 bits per heavy atom. The van der Waals surface area contributed by atoms with Crippen LogP contribution in [0.25, 0.3) is 0 Å². The van der Waals surface area contributed by atoms with Gasteiger partial charge in [0.15, 0.2) is 0 Å². The molecule has 0 saturated carbocycles. The first-order valence-corrected chi connectivity index (χ1v) is 4.03. The van der Waals surface area contributed by atoms with Gasteiger partial charge in [-0.05, 0) is 6.92 Å². The molecule has 0 bridgehead atoms. The van der Waals surface area contributed by atoms with Crippen LogP contribution in [0.3, 0.4) is 0 Å². The number of carbonyl (C=O) groups is 1. The molecule has 60 valence electrons. The maximum absolute atomic E-state index is 10.2. The molecule has 10 heavy (non-hydrogen) atoms. The molecule has 0 aromatic rings. The molecule has 0 aliphatic carbocycles. The molecule has 1 N–H and O–H groups in total. The minimum atomic E-state index is -4.38. The second kappa shape index (κ2) is 2.98. The Kier molecular flexibility index (Phi) is 2.79. The summed E-state index contributed by atoms with van der Waals surface area (Å²) in [5.74, 6) is -0.535. The zero-order valence-corrected chi connectivity index (χ0v) is 6.44. The number of amides is 1. The summed E-state index contributed by atoms with van der Waals surface area (Å²) in [6.45, 7) is 2.26. The lowest BCUT2D eigenvalue weighted by molar-refractivity contribution is -0.119. The predicted molar refractivity (Wildman–Crippen MR) is 33.0 cm³/mol. The first-order valence-electron chi connectivity index (χ1n) is 2.56. The summed E-state index contributed by atoms with van der Waals surface area (Å²) in [4.78, 5) is 10.2. The monoisotopic (exact) mass is 166 g/mol. The molecule has 0 fully saturated rings. The molecule has 0 saturated heterocycles. The van der Waals surface area contributed by atoms with E-state index in [9.17, 15) is 17.8 Å². The number of rotatable bonds is 2. The molecule has 5 nitrogen and oxygen atoms in total. The normalized spacial score (nSPS) is 14.3. The summed E-state index contributed by atoms with van der Waals surface area (Å²) in [6.07, 6.45) is 0. The lowest BCUT2D eigenvalue weighted by Crippen LogP contribution is -2.36. The molecular formula is C4H8NO4S-. The SMILES string of the molecule is CC(=O)NC(C)S(=O)(=O)[O-]. The van der Waals surface area contributed by atoms with Crippen LogP contribution < -0.4 is 5.32 Å². The fraction of sp³-hybridized carbons (Fsp3) is 0.750.